The van der Waals surface area contributed by atoms with Crippen LogP contribution in [0.25, 0.3) is 11.0 Å². The van der Waals surface area contributed by atoms with E-state index in [2.05, 4.69) is 12.1 Å². The van der Waals surface area contributed by atoms with Crippen molar-refractivity contribution in [3.63, 3.8) is 0 Å². The van der Waals surface area contributed by atoms with Gasteiger partial charge in [-0.3, -0.25) is 4.79 Å². The van der Waals surface area contributed by atoms with Crippen LogP contribution in [0, 0.1) is 0 Å². The Hall–Kier alpha value is -1.81. The molecule has 128 valence electrons. The molecule has 2 heterocycles. The number of likely N-dealkylation sites (tertiary alicyclic amines) is 1. The van der Waals surface area contributed by atoms with Crippen LogP contribution < -0.4 is 0 Å². The van der Waals surface area contributed by atoms with Crippen LogP contribution in [-0.4, -0.2) is 36.6 Å². The van der Waals surface area contributed by atoms with Gasteiger partial charge in [0.2, 0.25) is 5.91 Å². The molecule has 4 rings (SSSR count). The van der Waals surface area contributed by atoms with Crippen LogP contribution in [0.2, 0.25) is 0 Å². The van der Waals surface area contributed by atoms with Gasteiger partial charge in [0.05, 0.1) is 18.8 Å². The van der Waals surface area contributed by atoms with Gasteiger partial charge in [0, 0.05) is 30.6 Å². The lowest BCUT2D eigenvalue weighted by Gasteiger charge is -2.32. The van der Waals surface area contributed by atoms with Crippen LogP contribution in [0.15, 0.2) is 22.8 Å². The molecule has 1 fully saturated rings. The van der Waals surface area contributed by atoms with E-state index in [1.165, 1.54) is 17.5 Å². The lowest BCUT2D eigenvalue weighted by atomic mass is 10.0. The molecule has 0 spiro atoms. The summed E-state index contributed by atoms with van der Waals surface area (Å²) in [7, 11) is 0. The summed E-state index contributed by atoms with van der Waals surface area (Å²) in [5.41, 5.74) is 4.77. The summed E-state index contributed by atoms with van der Waals surface area (Å²) in [6.45, 7) is 4.28. The Balaban J connectivity index is 1.50. The number of hydrogen-bond acceptors (Lipinski definition) is 3. The fourth-order valence-electron chi connectivity index (χ4n) is 4.10. The van der Waals surface area contributed by atoms with Gasteiger partial charge in [-0.25, -0.2) is 0 Å². The smallest absolute Gasteiger partial charge is 0.227 e. The Morgan fingerprint density at radius 1 is 1.29 bits per heavy atom. The van der Waals surface area contributed by atoms with Crippen molar-refractivity contribution in [1.29, 1.82) is 0 Å². The highest BCUT2D eigenvalue weighted by molar-refractivity contribution is 5.88. The van der Waals surface area contributed by atoms with E-state index in [1.807, 2.05) is 11.8 Å². The summed E-state index contributed by atoms with van der Waals surface area (Å²) in [6, 6.07) is 4.40. The molecule has 1 aliphatic carbocycles. The van der Waals surface area contributed by atoms with E-state index >= 15 is 0 Å². The van der Waals surface area contributed by atoms with Crippen molar-refractivity contribution in [2.75, 3.05) is 19.7 Å². The summed E-state index contributed by atoms with van der Waals surface area (Å²) in [6.07, 6.45) is 7.97. The Morgan fingerprint density at radius 3 is 2.96 bits per heavy atom. The highest BCUT2D eigenvalue weighted by Gasteiger charge is 2.25. The fourth-order valence-corrected chi connectivity index (χ4v) is 4.10. The first kappa shape index (κ1) is 15.7. The number of carbonyl (C=O) groups excluding carboxylic acids is 1. The summed E-state index contributed by atoms with van der Waals surface area (Å²) < 4.78 is 11.4. The second kappa shape index (κ2) is 6.60. The summed E-state index contributed by atoms with van der Waals surface area (Å²) in [5, 5.41) is 1.11. The van der Waals surface area contributed by atoms with E-state index in [-0.39, 0.29) is 12.0 Å². The van der Waals surface area contributed by atoms with Gasteiger partial charge in [0.25, 0.3) is 0 Å². The molecule has 1 saturated heterocycles. The van der Waals surface area contributed by atoms with Crippen molar-refractivity contribution in [1.82, 2.24) is 4.90 Å². The molecule has 1 atom stereocenters. The average Bonchev–Trinajstić information content (AvgIpc) is 3.20. The number of furan rings is 1. The SMILES string of the molecule is CCOC1CCCN(C(=O)Cc2coc3cc4c(cc23)CCC4)C1. The average molecular weight is 327 g/mol. The van der Waals surface area contributed by atoms with Gasteiger partial charge in [-0.2, -0.15) is 0 Å². The molecule has 1 unspecified atom stereocenters. The lowest BCUT2D eigenvalue weighted by molar-refractivity contribution is -0.134. The molecular formula is C20H25NO3. The molecule has 0 N–H and O–H groups in total. The molecular weight excluding hydrogens is 302 g/mol. The number of ether oxygens (including phenoxy) is 1. The van der Waals surface area contributed by atoms with E-state index in [0.29, 0.717) is 13.0 Å². The molecule has 1 aromatic heterocycles. The van der Waals surface area contributed by atoms with Crippen molar-refractivity contribution in [3.05, 3.63) is 35.1 Å². The molecule has 2 aromatic rings. The van der Waals surface area contributed by atoms with Gasteiger partial charge in [0.15, 0.2) is 0 Å². The number of nitrogens with zero attached hydrogens (tertiary/aromatic N) is 1. The largest absolute Gasteiger partial charge is 0.464 e. The van der Waals surface area contributed by atoms with Crippen LogP contribution >= 0.6 is 0 Å². The maximum absolute atomic E-state index is 12.7. The maximum Gasteiger partial charge on any atom is 0.227 e. The Labute approximate surface area is 142 Å². The van der Waals surface area contributed by atoms with Crippen LogP contribution in [0.1, 0.15) is 42.9 Å². The van der Waals surface area contributed by atoms with Gasteiger partial charge >= 0.3 is 0 Å². The number of fused-ring (bicyclic) bond motifs is 2. The van der Waals surface area contributed by atoms with Crippen molar-refractivity contribution in [3.8, 4) is 0 Å². The monoisotopic (exact) mass is 327 g/mol. The summed E-state index contributed by atoms with van der Waals surface area (Å²) >= 11 is 0. The van der Waals surface area contributed by atoms with Gasteiger partial charge in [-0.05, 0) is 62.3 Å². The topological polar surface area (TPSA) is 42.7 Å². The zero-order chi connectivity index (χ0) is 16.5. The number of carbonyl (C=O) groups is 1. The highest BCUT2D eigenvalue weighted by Crippen LogP contribution is 2.30. The molecule has 2 aliphatic rings. The normalized spacial score (nSPS) is 20.5. The first-order chi connectivity index (χ1) is 11.7. The van der Waals surface area contributed by atoms with Crippen LogP contribution in [0.5, 0.6) is 0 Å². The van der Waals surface area contributed by atoms with Crippen molar-refractivity contribution >= 4 is 16.9 Å². The highest BCUT2D eigenvalue weighted by atomic mass is 16.5. The molecule has 0 radical (unpaired) electrons. The molecule has 4 heteroatoms. The maximum atomic E-state index is 12.7. The minimum atomic E-state index is 0.183. The second-order valence-corrected chi connectivity index (χ2v) is 6.97. The molecule has 0 saturated carbocycles. The first-order valence-corrected chi connectivity index (χ1v) is 9.16. The molecule has 1 aliphatic heterocycles. The van der Waals surface area contributed by atoms with Crippen LogP contribution in [0.3, 0.4) is 0 Å². The summed E-state index contributed by atoms with van der Waals surface area (Å²) in [4.78, 5) is 14.7. The van der Waals surface area contributed by atoms with Gasteiger partial charge in [-0.15, -0.1) is 0 Å². The summed E-state index contributed by atoms with van der Waals surface area (Å²) in [5.74, 6) is 0.183. The standard InChI is InChI=1S/C20H25NO3/c1-2-23-17-7-4-8-21(12-17)20(22)11-16-13-24-19-10-15-6-3-5-14(15)9-18(16)19/h9-10,13,17H,2-8,11-12H2,1H3. The van der Waals surface area contributed by atoms with E-state index < -0.39 is 0 Å². The van der Waals surface area contributed by atoms with Crippen molar-refractivity contribution < 1.29 is 13.9 Å². The number of aryl methyl sites for hydroxylation is 2. The zero-order valence-electron chi connectivity index (χ0n) is 14.3. The van der Waals surface area contributed by atoms with Crippen LogP contribution in [0.4, 0.5) is 0 Å². The Bertz CT molecular complexity index is 747. The quantitative estimate of drug-likeness (QED) is 0.863. The first-order valence-electron chi connectivity index (χ1n) is 9.16. The number of rotatable bonds is 4. The molecule has 0 bridgehead atoms. The molecule has 4 nitrogen and oxygen atoms in total. The van der Waals surface area contributed by atoms with Gasteiger partial charge in [0.1, 0.15) is 5.58 Å². The van der Waals surface area contributed by atoms with Gasteiger partial charge in [-0.1, -0.05) is 0 Å². The van der Waals surface area contributed by atoms with Crippen molar-refractivity contribution in [2.45, 2.75) is 51.6 Å². The predicted octanol–water partition coefficient (Wildman–Crippen LogP) is 3.49. The van der Waals surface area contributed by atoms with E-state index in [4.69, 9.17) is 9.15 Å². The predicted molar refractivity (Wildman–Crippen MR) is 93.2 cm³/mol. The van der Waals surface area contributed by atoms with E-state index in [9.17, 15) is 4.79 Å². The van der Waals surface area contributed by atoms with Gasteiger partial charge < -0.3 is 14.1 Å². The minimum absolute atomic E-state index is 0.183. The number of piperidine rings is 1. The third-order valence-electron chi connectivity index (χ3n) is 5.34. The van der Waals surface area contributed by atoms with E-state index in [0.717, 1.165) is 55.3 Å². The van der Waals surface area contributed by atoms with Crippen LogP contribution in [-0.2, 0) is 28.8 Å². The molecule has 24 heavy (non-hydrogen) atoms. The second-order valence-electron chi connectivity index (χ2n) is 6.97. The van der Waals surface area contributed by atoms with Crippen molar-refractivity contribution in [2.24, 2.45) is 0 Å². The minimum Gasteiger partial charge on any atom is -0.464 e. The zero-order valence-corrected chi connectivity index (χ0v) is 14.3. The number of hydrogen-bond donors (Lipinski definition) is 0. The fraction of sp³-hybridized carbons (Fsp3) is 0.550. The lowest BCUT2D eigenvalue weighted by Crippen LogP contribution is -2.43. The van der Waals surface area contributed by atoms with E-state index in [1.54, 1.807) is 6.26 Å². The Kier molecular flexibility index (Phi) is 4.31. The number of benzene rings is 1. The number of amides is 1. The Morgan fingerprint density at radius 2 is 2.12 bits per heavy atom. The third kappa shape index (κ3) is 2.95. The third-order valence-corrected chi connectivity index (χ3v) is 5.34. The molecule has 1 aromatic carbocycles. The molecule has 1 amide bonds.